The molecule has 0 unspecified atom stereocenters. The summed E-state index contributed by atoms with van der Waals surface area (Å²) in [6, 6.07) is 3.87. The van der Waals surface area contributed by atoms with Gasteiger partial charge in [0.05, 0.1) is 12.2 Å². The van der Waals surface area contributed by atoms with E-state index in [1.54, 1.807) is 24.5 Å². The van der Waals surface area contributed by atoms with Gasteiger partial charge >= 0.3 is 0 Å². The minimum Gasteiger partial charge on any atom is -0.361 e. The van der Waals surface area contributed by atoms with Gasteiger partial charge in [0.2, 0.25) is 0 Å². The molecule has 0 saturated heterocycles. The van der Waals surface area contributed by atoms with Gasteiger partial charge in [-0.05, 0) is 35.4 Å². The van der Waals surface area contributed by atoms with Crippen LogP contribution in [0.15, 0.2) is 46.0 Å². The maximum atomic E-state index is 12.1. The zero-order chi connectivity index (χ0) is 14.7. The standard InChI is InChI=1S/C14H14N4O2S/c1-10-12(7-17-20-10)14(19)15-8-13(11-3-6-21-9-11)18-5-2-4-16-18/h2-7,9,13H,8H2,1H3,(H,15,19)/t13-/m0/s1. The molecule has 0 saturated carbocycles. The molecule has 7 heteroatoms. The first-order valence-corrected chi connectivity index (χ1v) is 7.40. The van der Waals surface area contributed by atoms with Crippen LogP contribution < -0.4 is 5.32 Å². The monoisotopic (exact) mass is 302 g/mol. The first-order valence-electron chi connectivity index (χ1n) is 6.46. The topological polar surface area (TPSA) is 73.0 Å². The Morgan fingerprint density at radius 1 is 1.57 bits per heavy atom. The van der Waals surface area contributed by atoms with Crippen LogP contribution in [0.25, 0.3) is 0 Å². The number of amides is 1. The van der Waals surface area contributed by atoms with Crippen molar-refractivity contribution in [3.8, 4) is 0 Å². The van der Waals surface area contributed by atoms with E-state index in [1.807, 2.05) is 28.4 Å². The van der Waals surface area contributed by atoms with Gasteiger partial charge in [-0.25, -0.2) is 0 Å². The van der Waals surface area contributed by atoms with Crippen LogP contribution in [0.2, 0.25) is 0 Å². The lowest BCUT2D eigenvalue weighted by Gasteiger charge is -2.17. The van der Waals surface area contributed by atoms with Gasteiger partial charge in [0.15, 0.2) is 0 Å². The summed E-state index contributed by atoms with van der Waals surface area (Å²) >= 11 is 1.62. The van der Waals surface area contributed by atoms with Gasteiger partial charge in [-0.2, -0.15) is 16.4 Å². The number of nitrogens with zero attached hydrogens (tertiary/aromatic N) is 3. The lowest BCUT2D eigenvalue weighted by atomic mass is 10.1. The van der Waals surface area contributed by atoms with Crippen molar-refractivity contribution in [2.75, 3.05) is 6.54 Å². The highest BCUT2D eigenvalue weighted by molar-refractivity contribution is 7.07. The predicted molar refractivity (Wildman–Crippen MR) is 78.3 cm³/mol. The molecule has 3 rings (SSSR count). The molecule has 6 nitrogen and oxygen atoms in total. The summed E-state index contributed by atoms with van der Waals surface area (Å²) in [5, 5.41) is 14.9. The number of aryl methyl sites for hydroxylation is 1. The van der Waals surface area contributed by atoms with Gasteiger partial charge in [-0.15, -0.1) is 0 Å². The maximum absolute atomic E-state index is 12.1. The fourth-order valence-corrected chi connectivity index (χ4v) is 2.80. The molecular formula is C14H14N4O2S. The van der Waals surface area contributed by atoms with Crippen molar-refractivity contribution < 1.29 is 9.32 Å². The molecule has 1 amide bonds. The van der Waals surface area contributed by atoms with Crippen LogP contribution in [0.4, 0.5) is 0 Å². The van der Waals surface area contributed by atoms with Crippen LogP contribution in [0.3, 0.4) is 0 Å². The normalized spacial score (nSPS) is 12.2. The van der Waals surface area contributed by atoms with Crippen molar-refractivity contribution in [2.45, 2.75) is 13.0 Å². The second kappa shape index (κ2) is 5.92. The summed E-state index contributed by atoms with van der Waals surface area (Å²) in [7, 11) is 0. The molecule has 1 atom stereocenters. The molecule has 0 aromatic carbocycles. The maximum Gasteiger partial charge on any atom is 0.256 e. The largest absolute Gasteiger partial charge is 0.361 e. The third-order valence-electron chi connectivity index (χ3n) is 3.22. The van der Waals surface area contributed by atoms with Crippen molar-refractivity contribution in [2.24, 2.45) is 0 Å². The van der Waals surface area contributed by atoms with Crippen LogP contribution in [0.5, 0.6) is 0 Å². The van der Waals surface area contributed by atoms with Gasteiger partial charge < -0.3 is 9.84 Å². The molecule has 0 spiro atoms. The molecule has 3 heterocycles. The summed E-state index contributed by atoms with van der Waals surface area (Å²) in [6.07, 6.45) is 5.04. The summed E-state index contributed by atoms with van der Waals surface area (Å²) in [5.41, 5.74) is 1.57. The molecule has 0 aliphatic rings. The average molecular weight is 302 g/mol. The molecule has 3 aromatic heterocycles. The predicted octanol–water partition coefficient (Wildman–Crippen LogP) is 2.26. The Labute approximate surface area is 125 Å². The second-order valence-corrected chi connectivity index (χ2v) is 5.34. The molecule has 0 fully saturated rings. The van der Waals surface area contributed by atoms with E-state index >= 15 is 0 Å². The molecule has 0 aliphatic carbocycles. The van der Waals surface area contributed by atoms with E-state index in [1.165, 1.54) is 6.20 Å². The summed E-state index contributed by atoms with van der Waals surface area (Å²) < 4.78 is 6.75. The summed E-state index contributed by atoms with van der Waals surface area (Å²) in [6.45, 7) is 2.16. The first kappa shape index (κ1) is 13.6. The zero-order valence-corrected chi connectivity index (χ0v) is 12.2. The number of hydrogen-bond donors (Lipinski definition) is 1. The summed E-state index contributed by atoms with van der Waals surface area (Å²) in [4.78, 5) is 12.1. The number of thiophene rings is 1. The van der Waals surface area contributed by atoms with Crippen molar-refractivity contribution in [1.29, 1.82) is 0 Å². The molecule has 0 bridgehead atoms. The molecule has 0 aliphatic heterocycles. The van der Waals surface area contributed by atoms with E-state index in [9.17, 15) is 4.79 Å². The SMILES string of the molecule is Cc1oncc1C(=O)NC[C@@H](c1ccsc1)n1cccn1. The summed E-state index contributed by atoms with van der Waals surface area (Å²) in [5.74, 6) is 0.319. The van der Waals surface area contributed by atoms with Crippen molar-refractivity contribution in [3.63, 3.8) is 0 Å². The Morgan fingerprint density at radius 2 is 2.48 bits per heavy atom. The Morgan fingerprint density at radius 3 is 3.10 bits per heavy atom. The van der Waals surface area contributed by atoms with Crippen LogP contribution in [-0.2, 0) is 0 Å². The molecule has 0 radical (unpaired) electrons. The Bertz CT molecular complexity index is 669. The molecule has 1 N–H and O–H groups in total. The number of aromatic nitrogens is 3. The third-order valence-corrected chi connectivity index (χ3v) is 3.92. The van der Waals surface area contributed by atoms with Gasteiger partial charge in [-0.3, -0.25) is 9.48 Å². The number of hydrogen-bond acceptors (Lipinski definition) is 5. The highest BCUT2D eigenvalue weighted by Gasteiger charge is 2.18. The van der Waals surface area contributed by atoms with E-state index in [2.05, 4.69) is 21.0 Å². The van der Waals surface area contributed by atoms with Crippen molar-refractivity contribution in [1.82, 2.24) is 20.3 Å². The number of carbonyl (C=O) groups excluding carboxylic acids is 1. The zero-order valence-electron chi connectivity index (χ0n) is 11.4. The minimum absolute atomic E-state index is 0.0321. The molecule has 108 valence electrons. The fraction of sp³-hybridized carbons (Fsp3) is 0.214. The highest BCUT2D eigenvalue weighted by Crippen LogP contribution is 2.19. The van der Waals surface area contributed by atoms with E-state index in [4.69, 9.17) is 4.52 Å². The van der Waals surface area contributed by atoms with Gasteiger partial charge in [-0.1, -0.05) is 5.16 Å². The van der Waals surface area contributed by atoms with E-state index in [0.717, 1.165) is 5.56 Å². The molecule has 3 aromatic rings. The molecular weight excluding hydrogens is 288 g/mol. The van der Waals surface area contributed by atoms with Gasteiger partial charge in [0, 0.05) is 18.9 Å². The Hall–Kier alpha value is -2.41. The fourth-order valence-electron chi connectivity index (χ4n) is 2.10. The minimum atomic E-state index is -0.193. The smallest absolute Gasteiger partial charge is 0.256 e. The van der Waals surface area contributed by atoms with E-state index < -0.39 is 0 Å². The van der Waals surface area contributed by atoms with E-state index in [0.29, 0.717) is 17.9 Å². The van der Waals surface area contributed by atoms with Crippen LogP contribution >= 0.6 is 11.3 Å². The lowest BCUT2D eigenvalue weighted by molar-refractivity contribution is 0.0947. The number of nitrogens with one attached hydrogen (secondary N) is 1. The van der Waals surface area contributed by atoms with Crippen LogP contribution in [0, 0.1) is 6.92 Å². The van der Waals surface area contributed by atoms with Crippen molar-refractivity contribution >= 4 is 17.2 Å². The first-order chi connectivity index (χ1) is 10.3. The quantitative estimate of drug-likeness (QED) is 0.784. The highest BCUT2D eigenvalue weighted by atomic mass is 32.1. The Kier molecular flexibility index (Phi) is 3.83. The molecule has 21 heavy (non-hydrogen) atoms. The van der Waals surface area contributed by atoms with Crippen LogP contribution in [-0.4, -0.2) is 27.4 Å². The van der Waals surface area contributed by atoms with Gasteiger partial charge in [0.25, 0.3) is 5.91 Å². The van der Waals surface area contributed by atoms with Crippen LogP contribution in [0.1, 0.15) is 27.7 Å². The Balaban J connectivity index is 1.74. The second-order valence-electron chi connectivity index (χ2n) is 4.56. The van der Waals surface area contributed by atoms with E-state index in [-0.39, 0.29) is 11.9 Å². The van der Waals surface area contributed by atoms with Crippen molar-refractivity contribution in [3.05, 3.63) is 58.4 Å². The number of rotatable bonds is 5. The average Bonchev–Trinajstić information content (AvgIpc) is 3.21. The third kappa shape index (κ3) is 2.87. The number of carbonyl (C=O) groups is 1. The lowest BCUT2D eigenvalue weighted by Crippen LogP contribution is -2.31. The van der Waals surface area contributed by atoms with Gasteiger partial charge in [0.1, 0.15) is 11.3 Å².